The molecule has 4 N–H and O–H groups in total. The summed E-state index contributed by atoms with van der Waals surface area (Å²) < 4.78 is 32.4. The molecular weight excluding hydrogens is 490 g/mol. The number of hydrogen-bond acceptors (Lipinski definition) is 6. The van der Waals surface area contributed by atoms with Crippen molar-refractivity contribution in [3.63, 3.8) is 0 Å². The Labute approximate surface area is 218 Å². The van der Waals surface area contributed by atoms with Gasteiger partial charge in [-0.05, 0) is 84.5 Å². The molecule has 3 aromatic rings. The number of carbonyl (C=O) groups excluding carboxylic acids is 2. The Hall–Kier alpha value is -4.53. The van der Waals surface area contributed by atoms with E-state index in [1.807, 2.05) is 6.08 Å². The molecule has 0 bridgehead atoms. The molecule has 7 nitrogen and oxygen atoms in total. The van der Waals surface area contributed by atoms with Crippen LogP contribution in [0.25, 0.3) is 6.08 Å². The first-order valence-corrected chi connectivity index (χ1v) is 12.2. The number of nitrogens with two attached hydrogens (primary N) is 2. The Bertz CT molecular complexity index is 1410. The molecule has 1 aliphatic carbocycles. The first kappa shape index (κ1) is 25.1. The van der Waals surface area contributed by atoms with Crippen LogP contribution in [0.1, 0.15) is 46.8 Å². The molecule has 1 aliphatic heterocycles. The number of nitrogen functional groups attached to an aromatic ring is 2. The Morgan fingerprint density at radius 1 is 0.974 bits per heavy atom. The fraction of sp³-hybridized carbons (Fsp3) is 0.207. The number of carbonyl (C=O) groups is 2. The van der Waals surface area contributed by atoms with Crippen LogP contribution in [0.4, 0.5) is 20.2 Å². The number of hydrazone groups is 1. The predicted molar refractivity (Wildman–Crippen MR) is 141 cm³/mol. The average molecular weight is 517 g/mol. The van der Waals surface area contributed by atoms with Crippen molar-refractivity contribution in [2.45, 2.75) is 25.3 Å². The number of ether oxygens (including phenoxy) is 1. The van der Waals surface area contributed by atoms with E-state index in [0.29, 0.717) is 11.4 Å². The van der Waals surface area contributed by atoms with Crippen LogP contribution in [0.15, 0.2) is 77.4 Å². The van der Waals surface area contributed by atoms with Crippen molar-refractivity contribution in [2.75, 3.05) is 18.1 Å². The van der Waals surface area contributed by atoms with Crippen molar-refractivity contribution in [3.8, 4) is 0 Å². The first-order valence-electron chi connectivity index (χ1n) is 12.2. The lowest BCUT2D eigenvalue weighted by atomic mass is 9.77. The zero-order valence-corrected chi connectivity index (χ0v) is 20.4. The van der Waals surface area contributed by atoms with Crippen LogP contribution in [0.5, 0.6) is 0 Å². The Balaban J connectivity index is 1.43. The van der Waals surface area contributed by atoms with Crippen molar-refractivity contribution >= 4 is 35.0 Å². The Morgan fingerprint density at radius 3 is 2.26 bits per heavy atom. The molecular formula is C29H26F2N4O3. The summed E-state index contributed by atoms with van der Waals surface area (Å²) in [5, 5.41) is 6.03. The van der Waals surface area contributed by atoms with Gasteiger partial charge in [-0.3, -0.25) is 4.79 Å². The molecule has 194 valence electrons. The van der Waals surface area contributed by atoms with Crippen molar-refractivity contribution in [2.24, 2.45) is 11.0 Å². The second-order valence-corrected chi connectivity index (χ2v) is 9.40. The minimum absolute atomic E-state index is 0.130. The highest BCUT2D eigenvalue weighted by atomic mass is 19.1. The van der Waals surface area contributed by atoms with Crippen LogP contribution >= 0.6 is 0 Å². The van der Waals surface area contributed by atoms with Gasteiger partial charge in [0.25, 0.3) is 5.91 Å². The van der Waals surface area contributed by atoms with E-state index in [-0.39, 0.29) is 23.1 Å². The van der Waals surface area contributed by atoms with Crippen LogP contribution in [0.3, 0.4) is 0 Å². The van der Waals surface area contributed by atoms with E-state index >= 15 is 0 Å². The number of allylic oxidation sites excluding steroid dienone is 1. The summed E-state index contributed by atoms with van der Waals surface area (Å²) in [6, 6.07) is 16.0. The maximum absolute atomic E-state index is 13.7. The topological polar surface area (TPSA) is 111 Å². The fourth-order valence-electron chi connectivity index (χ4n) is 5.03. The van der Waals surface area contributed by atoms with Crippen molar-refractivity contribution < 1.29 is 23.1 Å². The summed E-state index contributed by atoms with van der Waals surface area (Å²) in [4.78, 5) is 25.9. The van der Waals surface area contributed by atoms with E-state index in [1.54, 1.807) is 24.3 Å². The van der Waals surface area contributed by atoms with Crippen molar-refractivity contribution in [3.05, 3.63) is 101 Å². The zero-order valence-electron chi connectivity index (χ0n) is 20.4. The average Bonchev–Trinajstić information content (AvgIpc) is 3.29. The van der Waals surface area contributed by atoms with E-state index < -0.39 is 24.5 Å². The molecule has 0 spiro atoms. The van der Waals surface area contributed by atoms with E-state index in [9.17, 15) is 18.4 Å². The number of nitrogens with zero attached hydrogens (tertiary/aromatic N) is 2. The summed E-state index contributed by atoms with van der Waals surface area (Å²) in [5.41, 5.74) is 15.5. The molecule has 2 aliphatic rings. The van der Waals surface area contributed by atoms with E-state index in [1.165, 1.54) is 47.5 Å². The smallest absolute Gasteiger partial charge is 0.338 e. The molecule has 1 fully saturated rings. The number of esters is 1. The van der Waals surface area contributed by atoms with Crippen LogP contribution < -0.4 is 11.5 Å². The normalized spacial score (nSPS) is 19.7. The lowest BCUT2D eigenvalue weighted by Gasteiger charge is -2.29. The van der Waals surface area contributed by atoms with Gasteiger partial charge in [0, 0.05) is 17.3 Å². The van der Waals surface area contributed by atoms with Crippen LogP contribution in [-0.2, 0) is 9.53 Å². The molecule has 1 saturated carbocycles. The number of benzene rings is 3. The lowest BCUT2D eigenvalue weighted by Crippen LogP contribution is -2.34. The minimum atomic E-state index is -0.739. The van der Waals surface area contributed by atoms with Gasteiger partial charge >= 0.3 is 5.97 Å². The highest BCUT2D eigenvalue weighted by Gasteiger charge is 2.43. The van der Waals surface area contributed by atoms with Gasteiger partial charge in [-0.1, -0.05) is 24.3 Å². The van der Waals surface area contributed by atoms with E-state index in [4.69, 9.17) is 21.3 Å². The van der Waals surface area contributed by atoms with Gasteiger partial charge in [-0.15, -0.1) is 0 Å². The number of fused-ring (bicyclic) bond motifs is 1. The largest absolute Gasteiger partial charge is 0.452 e. The highest BCUT2D eigenvalue weighted by molar-refractivity contribution is 6.08. The predicted octanol–water partition coefficient (Wildman–Crippen LogP) is 5.11. The summed E-state index contributed by atoms with van der Waals surface area (Å²) in [5.74, 6) is -2.10. The monoisotopic (exact) mass is 516 g/mol. The molecule has 0 radical (unpaired) electrons. The summed E-state index contributed by atoms with van der Waals surface area (Å²) in [6.45, 7) is -0.550. The van der Waals surface area contributed by atoms with Crippen molar-refractivity contribution in [1.82, 2.24) is 5.01 Å². The van der Waals surface area contributed by atoms with Gasteiger partial charge in [0.1, 0.15) is 11.6 Å². The van der Waals surface area contributed by atoms with E-state index in [2.05, 4.69) is 0 Å². The molecule has 0 saturated heterocycles. The summed E-state index contributed by atoms with van der Waals surface area (Å²) >= 11 is 0. The summed E-state index contributed by atoms with van der Waals surface area (Å²) in [6.07, 6.45) is 4.33. The molecule has 2 unspecified atom stereocenters. The molecule has 3 aromatic carbocycles. The quantitative estimate of drug-likeness (QED) is 0.362. The third-order valence-electron chi connectivity index (χ3n) is 6.72. The molecule has 9 heteroatoms. The molecule has 5 rings (SSSR count). The van der Waals surface area contributed by atoms with Crippen LogP contribution in [0, 0.1) is 17.6 Å². The molecule has 2 atom stereocenters. The standard InChI is InChI=1S/C29H26F2N4O3/c30-21-8-4-17(5-9-21)12-19-2-1-3-25-27(19)34-35(28(25)18-6-10-22(31)11-7-18)26(36)16-38-29(37)20-13-23(32)15-24(33)14-20/h4-15,25,28H,1-3,16,32-33H2. The zero-order chi connectivity index (χ0) is 26.8. The second-order valence-electron chi connectivity index (χ2n) is 9.40. The number of anilines is 2. The van der Waals surface area contributed by atoms with Crippen LogP contribution in [0.2, 0.25) is 0 Å². The number of rotatable bonds is 5. The number of halogens is 2. The third kappa shape index (κ3) is 5.27. The maximum atomic E-state index is 13.7. The second kappa shape index (κ2) is 10.5. The Kier molecular flexibility index (Phi) is 6.91. The molecule has 1 amide bonds. The van der Waals surface area contributed by atoms with Crippen LogP contribution in [-0.4, -0.2) is 29.2 Å². The number of hydrogen-bond donors (Lipinski definition) is 2. The highest BCUT2D eigenvalue weighted by Crippen LogP contribution is 2.44. The maximum Gasteiger partial charge on any atom is 0.338 e. The summed E-state index contributed by atoms with van der Waals surface area (Å²) in [7, 11) is 0. The number of amides is 1. The lowest BCUT2D eigenvalue weighted by molar-refractivity contribution is -0.137. The Morgan fingerprint density at radius 2 is 1.61 bits per heavy atom. The van der Waals surface area contributed by atoms with Gasteiger partial charge in [0.05, 0.1) is 17.3 Å². The fourth-order valence-corrected chi connectivity index (χ4v) is 5.03. The molecule has 1 heterocycles. The van der Waals surface area contributed by atoms with E-state index in [0.717, 1.165) is 41.7 Å². The third-order valence-corrected chi connectivity index (χ3v) is 6.72. The minimum Gasteiger partial charge on any atom is -0.452 e. The molecule has 38 heavy (non-hydrogen) atoms. The van der Waals surface area contributed by atoms with Gasteiger partial charge in [0.2, 0.25) is 0 Å². The first-order chi connectivity index (χ1) is 18.3. The van der Waals surface area contributed by atoms with Gasteiger partial charge in [0.15, 0.2) is 6.61 Å². The SMILES string of the molecule is Nc1cc(N)cc(C(=O)OCC(=O)N2N=C3C(=Cc4ccc(F)cc4)CCCC3C2c2ccc(F)cc2)c1. The van der Waals surface area contributed by atoms with Gasteiger partial charge in [-0.25, -0.2) is 18.6 Å². The molecule has 0 aromatic heterocycles. The van der Waals surface area contributed by atoms with Crippen molar-refractivity contribution in [1.29, 1.82) is 0 Å². The van der Waals surface area contributed by atoms with Gasteiger partial charge in [-0.2, -0.15) is 5.10 Å². The van der Waals surface area contributed by atoms with Gasteiger partial charge < -0.3 is 16.2 Å².